The van der Waals surface area contributed by atoms with Crippen LogP contribution in [0.1, 0.15) is 17.7 Å². The number of carbonyl (C=O) groups excluding carboxylic acids is 4. The maximum atomic E-state index is 12.3. The molecule has 1 saturated heterocycles. The van der Waals surface area contributed by atoms with Crippen LogP contribution in [0.3, 0.4) is 0 Å². The van der Waals surface area contributed by atoms with Gasteiger partial charge in [0, 0.05) is 30.8 Å². The minimum atomic E-state index is -0.416. The number of nitrogens with zero attached hydrogens (tertiary/aromatic N) is 2. The van der Waals surface area contributed by atoms with Crippen molar-refractivity contribution in [2.45, 2.75) is 12.8 Å². The van der Waals surface area contributed by atoms with Crippen LogP contribution in [0, 0.1) is 0 Å². The van der Waals surface area contributed by atoms with Crippen LogP contribution in [0.5, 0.6) is 0 Å². The largest absolute Gasteiger partial charge is 0.349 e. The molecule has 0 bridgehead atoms. The van der Waals surface area contributed by atoms with Gasteiger partial charge in [-0.15, -0.1) is 11.3 Å². The van der Waals surface area contributed by atoms with Gasteiger partial charge in [0.1, 0.15) is 5.71 Å². The molecule has 0 aromatic carbocycles. The number of rotatable bonds is 5. The van der Waals surface area contributed by atoms with Gasteiger partial charge in [-0.25, -0.2) is 5.43 Å². The standard InChI is InChI=1S/C15H14N4O4S2/c20-12-4-3-10(17-18-12)13(21)16-5-6-19-14(22)11(25-15(19)23)8-9-2-1-7-24-9/h1-2,7-8H,3-6H2,(H,16,21)(H,18,20)/b11-8-. The molecule has 0 radical (unpaired) electrons. The summed E-state index contributed by atoms with van der Waals surface area (Å²) in [6, 6.07) is 3.73. The molecule has 2 aliphatic heterocycles. The summed E-state index contributed by atoms with van der Waals surface area (Å²) in [4.78, 5) is 49.6. The maximum Gasteiger partial charge on any atom is 0.293 e. The van der Waals surface area contributed by atoms with E-state index < -0.39 is 5.91 Å². The lowest BCUT2D eigenvalue weighted by Gasteiger charge is -2.14. The van der Waals surface area contributed by atoms with Gasteiger partial charge in [0.05, 0.1) is 4.91 Å². The summed E-state index contributed by atoms with van der Waals surface area (Å²) in [5.41, 5.74) is 2.47. The van der Waals surface area contributed by atoms with E-state index >= 15 is 0 Å². The fraction of sp³-hybridized carbons (Fsp3) is 0.267. The molecule has 130 valence electrons. The third-order valence-electron chi connectivity index (χ3n) is 3.48. The summed E-state index contributed by atoms with van der Waals surface area (Å²) in [6.45, 7) is 0.202. The van der Waals surface area contributed by atoms with Gasteiger partial charge in [-0.05, 0) is 29.3 Å². The molecular formula is C15H14N4O4S2. The Morgan fingerprint density at radius 2 is 2.20 bits per heavy atom. The fourth-order valence-corrected chi connectivity index (χ4v) is 3.80. The molecule has 2 N–H and O–H groups in total. The van der Waals surface area contributed by atoms with E-state index in [-0.39, 0.29) is 48.7 Å². The van der Waals surface area contributed by atoms with Crippen LogP contribution in [0.25, 0.3) is 6.08 Å². The molecule has 1 fully saturated rings. The van der Waals surface area contributed by atoms with Crippen molar-refractivity contribution >= 4 is 57.8 Å². The molecule has 25 heavy (non-hydrogen) atoms. The van der Waals surface area contributed by atoms with Crippen LogP contribution in [-0.4, -0.2) is 46.7 Å². The molecule has 0 aliphatic carbocycles. The molecule has 3 heterocycles. The van der Waals surface area contributed by atoms with Crippen LogP contribution < -0.4 is 10.7 Å². The maximum absolute atomic E-state index is 12.3. The molecule has 8 nitrogen and oxygen atoms in total. The molecule has 0 atom stereocenters. The SMILES string of the molecule is O=C1CCC(C(=O)NCCN2C(=O)S/C(=C\c3cccs3)C2=O)=NN1. The van der Waals surface area contributed by atoms with Gasteiger partial charge in [0.2, 0.25) is 5.91 Å². The van der Waals surface area contributed by atoms with E-state index in [2.05, 4.69) is 15.8 Å². The summed E-state index contributed by atoms with van der Waals surface area (Å²) >= 11 is 2.37. The van der Waals surface area contributed by atoms with E-state index in [1.165, 1.54) is 11.3 Å². The first-order valence-corrected chi connectivity index (χ1v) is 9.16. The van der Waals surface area contributed by atoms with Gasteiger partial charge < -0.3 is 5.32 Å². The summed E-state index contributed by atoms with van der Waals surface area (Å²) in [5.74, 6) is -1.01. The summed E-state index contributed by atoms with van der Waals surface area (Å²) in [6.07, 6.45) is 2.17. The Bertz CT molecular complexity index is 785. The number of thioether (sulfide) groups is 1. The highest BCUT2D eigenvalue weighted by Gasteiger charge is 2.34. The van der Waals surface area contributed by atoms with Crippen LogP contribution in [0.4, 0.5) is 4.79 Å². The minimum Gasteiger partial charge on any atom is -0.349 e. The van der Waals surface area contributed by atoms with Crippen molar-refractivity contribution in [3.63, 3.8) is 0 Å². The monoisotopic (exact) mass is 378 g/mol. The van der Waals surface area contributed by atoms with E-state index in [1.54, 1.807) is 6.08 Å². The average Bonchev–Trinajstić information content (AvgIpc) is 3.19. The van der Waals surface area contributed by atoms with Crippen molar-refractivity contribution in [2.24, 2.45) is 5.10 Å². The van der Waals surface area contributed by atoms with Crippen molar-refractivity contribution in [1.82, 2.24) is 15.6 Å². The minimum absolute atomic E-state index is 0.0812. The van der Waals surface area contributed by atoms with E-state index in [1.807, 2.05) is 17.5 Å². The Hall–Kier alpha value is -2.46. The van der Waals surface area contributed by atoms with Gasteiger partial charge in [-0.2, -0.15) is 5.10 Å². The highest BCUT2D eigenvalue weighted by atomic mass is 32.2. The molecule has 2 aliphatic rings. The molecule has 0 spiro atoms. The molecule has 3 rings (SSSR count). The molecule has 1 aromatic heterocycles. The van der Waals surface area contributed by atoms with Crippen LogP contribution in [0.2, 0.25) is 0 Å². The average molecular weight is 378 g/mol. The van der Waals surface area contributed by atoms with E-state index in [0.717, 1.165) is 21.5 Å². The van der Waals surface area contributed by atoms with Gasteiger partial charge in [0.25, 0.3) is 17.1 Å². The zero-order valence-electron chi connectivity index (χ0n) is 13.0. The van der Waals surface area contributed by atoms with E-state index in [4.69, 9.17) is 0 Å². The quantitative estimate of drug-likeness (QED) is 0.748. The highest BCUT2D eigenvalue weighted by Crippen LogP contribution is 2.32. The van der Waals surface area contributed by atoms with Crippen molar-refractivity contribution in [1.29, 1.82) is 0 Å². The van der Waals surface area contributed by atoms with E-state index in [9.17, 15) is 19.2 Å². The van der Waals surface area contributed by atoms with Crippen molar-refractivity contribution in [2.75, 3.05) is 13.1 Å². The number of hydrogen-bond donors (Lipinski definition) is 2. The number of amides is 4. The Balaban J connectivity index is 1.53. The Kier molecular flexibility index (Phi) is 5.29. The summed E-state index contributed by atoms with van der Waals surface area (Å²) < 4.78 is 0. The summed E-state index contributed by atoms with van der Waals surface area (Å²) in [7, 11) is 0. The molecule has 10 heteroatoms. The van der Waals surface area contributed by atoms with E-state index in [0.29, 0.717) is 4.91 Å². The zero-order valence-corrected chi connectivity index (χ0v) is 14.6. The van der Waals surface area contributed by atoms with Crippen molar-refractivity contribution in [3.8, 4) is 0 Å². The number of hydrogen-bond acceptors (Lipinski definition) is 7. The second-order valence-electron chi connectivity index (χ2n) is 5.20. The van der Waals surface area contributed by atoms with Crippen LogP contribution >= 0.6 is 23.1 Å². The highest BCUT2D eigenvalue weighted by molar-refractivity contribution is 8.18. The van der Waals surface area contributed by atoms with Crippen LogP contribution in [0.15, 0.2) is 27.5 Å². The predicted octanol–water partition coefficient (Wildman–Crippen LogP) is 1.17. The number of hydrazone groups is 1. The zero-order chi connectivity index (χ0) is 17.8. The third-order valence-corrected chi connectivity index (χ3v) is 5.20. The topological polar surface area (TPSA) is 108 Å². The Morgan fingerprint density at radius 1 is 1.36 bits per heavy atom. The van der Waals surface area contributed by atoms with Crippen molar-refractivity contribution < 1.29 is 19.2 Å². The van der Waals surface area contributed by atoms with Crippen molar-refractivity contribution in [3.05, 3.63) is 27.3 Å². The molecule has 0 saturated carbocycles. The second-order valence-corrected chi connectivity index (χ2v) is 7.17. The van der Waals surface area contributed by atoms with Crippen LogP contribution in [-0.2, 0) is 14.4 Å². The Morgan fingerprint density at radius 3 is 2.88 bits per heavy atom. The number of nitrogens with one attached hydrogen (secondary N) is 2. The van der Waals surface area contributed by atoms with Gasteiger partial charge in [-0.3, -0.25) is 24.1 Å². The third kappa shape index (κ3) is 4.15. The van der Waals surface area contributed by atoms with Gasteiger partial charge >= 0.3 is 0 Å². The van der Waals surface area contributed by atoms with Gasteiger partial charge in [-0.1, -0.05) is 6.07 Å². The molecular weight excluding hydrogens is 364 g/mol. The fourth-order valence-electron chi connectivity index (χ4n) is 2.22. The second kappa shape index (κ2) is 7.62. The molecule has 0 unspecified atom stereocenters. The van der Waals surface area contributed by atoms with Gasteiger partial charge in [0.15, 0.2) is 0 Å². The summed E-state index contributed by atoms with van der Waals surface area (Å²) in [5, 5.41) is 7.83. The number of carbonyl (C=O) groups is 4. The lowest BCUT2D eigenvalue weighted by atomic mass is 10.1. The molecule has 4 amide bonds. The Labute approximate surface area is 151 Å². The number of imide groups is 1. The molecule has 1 aromatic rings. The first kappa shape index (κ1) is 17.4. The lowest BCUT2D eigenvalue weighted by molar-refractivity contribution is -0.123. The smallest absolute Gasteiger partial charge is 0.293 e. The predicted molar refractivity (Wildman–Crippen MR) is 94.8 cm³/mol. The normalized spacial score (nSPS) is 19.2. The number of thiophene rings is 1. The first-order chi connectivity index (χ1) is 12.0. The lowest BCUT2D eigenvalue weighted by Crippen LogP contribution is -2.41. The first-order valence-electron chi connectivity index (χ1n) is 7.47.